The van der Waals surface area contributed by atoms with Gasteiger partial charge in [0.1, 0.15) is 11.5 Å². The van der Waals surface area contributed by atoms with Crippen molar-refractivity contribution in [3.63, 3.8) is 0 Å². The minimum atomic E-state index is -0.0709. The summed E-state index contributed by atoms with van der Waals surface area (Å²) in [5, 5.41) is 0. The number of unbranched alkanes of at least 4 members (excludes halogenated alkanes) is 2. The van der Waals surface area contributed by atoms with Gasteiger partial charge in [0.15, 0.2) is 5.78 Å². The van der Waals surface area contributed by atoms with Gasteiger partial charge in [0.25, 0.3) is 0 Å². The molecule has 1 fully saturated rings. The van der Waals surface area contributed by atoms with Crippen LogP contribution in [0.1, 0.15) is 95.8 Å². The van der Waals surface area contributed by atoms with E-state index in [-0.39, 0.29) is 23.9 Å². The van der Waals surface area contributed by atoms with Crippen LogP contribution in [-0.2, 0) is 4.79 Å². The maximum Gasteiger partial charge on any atom is 0.170 e. The standard InChI is InChI=1S/C28H45NO3/c1-5-8-16-29(17-9-6-2)18-10-19-32-24-14-12-23(13-15-24)27(30)21-28(31)25(11-7-3)26-20-22(26)4/h12-15,22,25-26H,5-11,16-21H2,1-4H3. The minimum absolute atomic E-state index is 0.0272. The largest absolute Gasteiger partial charge is 0.494 e. The van der Waals surface area contributed by atoms with E-state index in [1.807, 2.05) is 12.1 Å². The van der Waals surface area contributed by atoms with Gasteiger partial charge in [-0.3, -0.25) is 9.59 Å². The smallest absolute Gasteiger partial charge is 0.170 e. The molecule has 0 aliphatic heterocycles. The Bertz CT molecular complexity index is 676. The van der Waals surface area contributed by atoms with Crippen LogP contribution in [0, 0.1) is 17.8 Å². The molecule has 0 saturated heterocycles. The van der Waals surface area contributed by atoms with E-state index in [4.69, 9.17) is 4.74 Å². The molecule has 3 atom stereocenters. The second-order valence-corrected chi connectivity index (χ2v) is 9.61. The Hall–Kier alpha value is -1.68. The summed E-state index contributed by atoms with van der Waals surface area (Å²) in [7, 11) is 0. The third-order valence-corrected chi connectivity index (χ3v) is 6.76. The van der Waals surface area contributed by atoms with Gasteiger partial charge in [-0.05, 0) is 81.3 Å². The summed E-state index contributed by atoms with van der Waals surface area (Å²) in [5.41, 5.74) is 0.607. The molecule has 1 aromatic rings. The molecule has 2 rings (SSSR count). The number of Topliss-reactive ketones (excluding diaryl/α,β-unsaturated/α-hetero) is 2. The molecule has 0 bridgehead atoms. The first-order valence-corrected chi connectivity index (χ1v) is 13.0. The number of hydrogen-bond donors (Lipinski definition) is 0. The van der Waals surface area contributed by atoms with Crippen molar-refractivity contribution in [3.05, 3.63) is 29.8 Å². The zero-order valence-electron chi connectivity index (χ0n) is 20.9. The molecule has 0 spiro atoms. The number of ketones is 2. The van der Waals surface area contributed by atoms with Gasteiger partial charge in [0.2, 0.25) is 0 Å². The molecule has 180 valence electrons. The van der Waals surface area contributed by atoms with Gasteiger partial charge in [-0.1, -0.05) is 47.0 Å². The molecule has 1 aliphatic rings. The molecule has 1 aliphatic carbocycles. The van der Waals surface area contributed by atoms with E-state index in [0.29, 0.717) is 24.0 Å². The maximum atomic E-state index is 12.7. The molecule has 0 aromatic heterocycles. The lowest BCUT2D eigenvalue weighted by Gasteiger charge is -2.21. The topological polar surface area (TPSA) is 46.6 Å². The van der Waals surface area contributed by atoms with E-state index in [0.717, 1.165) is 38.0 Å². The van der Waals surface area contributed by atoms with Crippen LogP contribution in [0.25, 0.3) is 0 Å². The van der Waals surface area contributed by atoms with Crippen molar-refractivity contribution in [1.82, 2.24) is 4.90 Å². The Morgan fingerprint density at radius 2 is 1.56 bits per heavy atom. The van der Waals surface area contributed by atoms with Gasteiger partial charge in [-0.25, -0.2) is 0 Å². The second-order valence-electron chi connectivity index (χ2n) is 9.61. The number of ether oxygens (including phenoxy) is 1. The Kier molecular flexibility index (Phi) is 12.0. The van der Waals surface area contributed by atoms with Crippen LogP contribution in [0.5, 0.6) is 5.75 Å². The van der Waals surface area contributed by atoms with Crippen molar-refractivity contribution in [2.24, 2.45) is 17.8 Å². The fourth-order valence-electron chi connectivity index (χ4n) is 4.54. The number of hydrogen-bond acceptors (Lipinski definition) is 4. The molecule has 1 saturated carbocycles. The normalized spacial score (nSPS) is 18.5. The van der Waals surface area contributed by atoms with Crippen LogP contribution in [0.3, 0.4) is 0 Å². The first kappa shape index (κ1) is 26.6. The van der Waals surface area contributed by atoms with Crippen LogP contribution >= 0.6 is 0 Å². The second kappa shape index (κ2) is 14.5. The van der Waals surface area contributed by atoms with Crippen molar-refractivity contribution >= 4 is 11.6 Å². The summed E-state index contributed by atoms with van der Waals surface area (Å²) in [6, 6.07) is 7.31. The lowest BCUT2D eigenvalue weighted by molar-refractivity contribution is -0.123. The molecule has 4 heteroatoms. The number of nitrogens with zero attached hydrogens (tertiary/aromatic N) is 1. The lowest BCUT2D eigenvalue weighted by Crippen LogP contribution is -2.28. The fourth-order valence-corrected chi connectivity index (χ4v) is 4.54. The quantitative estimate of drug-likeness (QED) is 0.146. The van der Waals surface area contributed by atoms with Crippen molar-refractivity contribution in [1.29, 1.82) is 0 Å². The molecular weight excluding hydrogens is 398 g/mol. The Labute approximate surface area is 196 Å². The fraction of sp³-hybridized carbons (Fsp3) is 0.714. The first-order chi connectivity index (χ1) is 15.5. The average molecular weight is 444 g/mol. The molecule has 0 radical (unpaired) electrons. The van der Waals surface area contributed by atoms with Crippen molar-refractivity contribution < 1.29 is 14.3 Å². The molecule has 3 unspecified atom stereocenters. The highest BCUT2D eigenvalue weighted by atomic mass is 16.5. The summed E-state index contributed by atoms with van der Waals surface area (Å²) in [5.74, 6) is 2.03. The molecular formula is C28H45NO3. The summed E-state index contributed by atoms with van der Waals surface area (Å²) in [4.78, 5) is 27.9. The van der Waals surface area contributed by atoms with Gasteiger partial charge in [0, 0.05) is 18.0 Å². The number of rotatable bonds is 18. The molecule has 1 aromatic carbocycles. The lowest BCUT2D eigenvalue weighted by atomic mass is 9.89. The number of benzene rings is 1. The average Bonchev–Trinajstić information content (AvgIpc) is 3.52. The van der Waals surface area contributed by atoms with Gasteiger partial charge < -0.3 is 9.64 Å². The summed E-state index contributed by atoms with van der Waals surface area (Å²) >= 11 is 0. The zero-order valence-corrected chi connectivity index (χ0v) is 20.9. The molecule has 32 heavy (non-hydrogen) atoms. The summed E-state index contributed by atoms with van der Waals surface area (Å²) in [6.07, 6.45) is 9.02. The Morgan fingerprint density at radius 1 is 0.969 bits per heavy atom. The van der Waals surface area contributed by atoms with Crippen molar-refractivity contribution in [2.45, 2.75) is 85.5 Å². The number of carbonyl (C=O) groups is 2. The highest BCUT2D eigenvalue weighted by Gasteiger charge is 2.42. The zero-order chi connectivity index (χ0) is 23.3. The Balaban J connectivity index is 1.75. The first-order valence-electron chi connectivity index (χ1n) is 13.0. The van der Waals surface area contributed by atoms with Crippen molar-refractivity contribution in [2.75, 3.05) is 26.2 Å². The van der Waals surface area contributed by atoms with Gasteiger partial charge >= 0.3 is 0 Å². The third kappa shape index (κ3) is 9.05. The van der Waals surface area contributed by atoms with E-state index in [9.17, 15) is 9.59 Å². The van der Waals surface area contributed by atoms with Gasteiger partial charge in [-0.2, -0.15) is 0 Å². The minimum Gasteiger partial charge on any atom is -0.494 e. The molecule has 0 N–H and O–H groups in total. The predicted molar refractivity (Wildman–Crippen MR) is 132 cm³/mol. The summed E-state index contributed by atoms with van der Waals surface area (Å²) in [6.45, 7) is 12.9. The van der Waals surface area contributed by atoms with Crippen LogP contribution in [0.2, 0.25) is 0 Å². The van der Waals surface area contributed by atoms with E-state index in [2.05, 4.69) is 32.6 Å². The van der Waals surface area contributed by atoms with Gasteiger partial charge in [-0.15, -0.1) is 0 Å². The highest BCUT2D eigenvalue weighted by molar-refractivity contribution is 6.08. The summed E-state index contributed by atoms with van der Waals surface area (Å²) < 4.78 is 5.90. The SMILES string of the molecule is CCCCN(CCCC)CCCOc1ccc(C(=O)CC(=O)C(CCC)C2CC2C)cc1. The molecule has 0 heterocycles. The van der Waals surface area contributed by atoms with E-state index >= 15 is 0 Å². The van der Waals surface area contributed by atoms with Crippen molar-refractivity contribution in [3.8, 4) is 5.75 Å². The van der Waals surface area contributed by atoms with Crippen LogP contribution in [0.4, 0.5) is 0 Å². The van der Waals surface area contributed by atoms with Crippen LogP contribution in [0.15, 0.2) is 24.3 Å². The highest BCUT2D eigenvalue weighted by Crippen LogP contribution is 2.46. The van der Waals surface area contributed by atoms with E-state index < -0.39 is 0 Å². The number of carbonyl (C=O) groups excluding carboxylic acids is 2. The van der Waals surface area contributed by atoms with E-state index in [1.165, 1.54) is 38.8 Å². The molecule has 4 nitrogen and oxygen atoms in total. The maximum absolute atomic E-state index is 12.7. The van der Waals surface area contributed by atoms with Gasteiger partial charge in [0.05, 0.1) is 13.0 Å². The monoisotopic (exact) mass is 443 g/mol. The van der Waals surface area contributed by atoms with Crippen LogP contribution in [-0.4, -0.2) is 42.7 Å². The van der Waals surface area contributed by atoms with Crippen LogP contribution < -0.4 is 4.74 Å². The Morgan fingerprint density at radius 3 is 2.09 bits per heavy atom. The molecule has 0 amide bonds. The van der Waals surface area contributed by atoms with E-state index in [1.54, 1.807) is 12.1 Å². The predicted octanol–water partition coefficient (Wildman–Crippen LogP) is 6.57. The third-order valence-electron chi connectivity index (χ3n) is 6.76.